The molecule has 0 bridgehead atoms. The van der Waals surface area contributed by atoms with E-state index in [9.17, 15) is 4.79 Å². The van der Waals surface area contributed by atoms with Crippen LogP contribution < -0.4 is 0 Å². The summed E-state index contributed by atoms with van der Waals surface area (Å²) in [7, 11) is 0. The Hall–Kier alpha value is -1.57. The summed E-state index contributed by atoms with van der Waals surface area (Å²) in [5.41, 5.74) is 0. The average Bonchev–Trinajstić information content (AvgIpc) is 2.50. The molecule has 124 valence electrons. The van der Waals surface area contributed by atoms with Gasteiger partial charge in [0.25, 0.3) is 0 Å². The number of allylic oxidation sites excluding steroid dienone is 8. The number of hydrogen-bond acceptors (Lipinski definition) is 1. The summed E-state index contributed by atoms with van der Waals surface area (Å²) in [6.45, 7) is 2.22. The van der Waals surface area contributed by atoms with Crippen molar-refractivity contribution in [2.75, 3.05) is 0 Å². The summed E-state index contributed by atoms with van der Waals surface area (Å²) in [6.07, 6.45) is 27.4. The molecule has 0 rings (SSSR count). The maximum Gasteiger partial charge on any atom is 0.303 e. The molecule has 0 aliphatic heterocycles. The van der Waals surface area contributed by atoms with Crippen molar-refractivity contribution >= 4 is 5.97 Å². The van der Waals surface area contributed by atoms with Crippen LogP contribution in [0.1, 0.15) is 71.1 Å². The summed E-state index contributed by atoms with van der Waals surface area (Å²) in [6, 6.07) is 0. The number of carboxylic acids is 1. The Balaban J connectivity index is 3.35. The van der Waals surface area contributed by atoms with Gasteiger partial charge in [-0.3, -0.25) is 4.79 Å². The molecule has 0 aromatic rings. The van der Waals surface area contributed by atoms with Crippen LogP contribution in [-0.4, -0.2) is 11.1 Å². The van der Waals surface area contributed by atoms with E-state index in [-0.39, 0.29) is 6.42 Å². The summed E-state index contributed by atoms with van der Waals surface area (Å²) < 4.78 is 0. The normalized spacial score (nSPS) is 12.4. The van der Waals surface area contributed by atoms with E-state index < -0.39 is 5.97 Å². The van der Waals surface area contributed by atoms with Gasteiger partial charge in [-0.25, -0.2) is 0 Å². The van der Waals surface area contributed by atoms with Crippen LogP contribution >= 0.6 is 0 Å². The molecule has 0 saturated heterocycles. The van der Waals surface area contributed by atoms with Gasteiger partial charge in [0.15, 0.2) is 0 Å². The van der Waals surface area contributed by atoms with Crippen LogP contribution in [0.15, 0.2) is 48.6 Å². The van der Waals surface area contributed by atoms with E-state index in [2.05, 4.69) is 37.3 Å². The van der Waals surface area contributed by atoms with Crippen molar-refractivity contribution in [2.24, 2.45) is 0 Å². The van der Waals surface area contributed by atoms with E-state index in [1.807, 2.05) is 18.2 Å². The number of hydrogen-bond donors (Lipinski definition) is 1. The van der Waals surface area contributed by atoms with Crippen LogP contribution in [0, 0.1) is 0 Å². The zero-order valence-corrected chi connectivity index (χ0v) is 14.0. The molecule has 0 aromatic carbocycles. The molecular formula is C20H32O2. The van der Waals surface area contributed by atoms with E-state index in [1.54, 1.807) is 0 Å². The molecule has 0 aliphatic carbocycles. The van der Waals surface area contributed by atoms with E-state index >= 15 is 0 Å². The van der Waals surface area contributed by atoms with Gasteiger partial charge in [0.1, 0.15) is 0 Å². The summed E-state index contributed by atoms with van der Waals surface area (Å²) in [4.78, 5) is 10.3. The highest BCUT2D eigenvalue weighted by atomic mass is 16.4. The monoisotopic (exact) mass is 304 g/mol. The second-order valence-corrected chi connectivity index (χ2v) is 5.39. The van der Waals surface area contributed by atoms with Crippen molar-refractivity contribution in [1.82, 2.24) is 0 Å². The van der Waals surface area contributed by atoms with Gasteiger partial charge >= 0.3 is 5.97 Å². The van der Waals surface area contributed by atoms with Crippen molar-refractivity contribution in [3.63, 3.8) is 0 Å². The smallest absolute Gasteiger partial charge is 0.303 e. The largest absolute Gasteiger partial charge is 0.481 e. The number of aliphatic carboxylic acids is 1. The molecule has 0 fully saturated rings. The standard InChI is InChI=1S/C20H32O2/c1-2-3-4-5-6-7-8-9-10-11-12-13-14-15-16-17-18-19-20(21)22/h5-6,8-9,14-17H,2-4,7,10-13,18-19H2,1H3,(H,21,22)/b6-5+,9-8+,15-14+,17-16+. The van der Waals surface area contributed by atoms with Crippen LogP contribution in [0.4, 0.5) is 0 Å². The predicted octanol–water partition coefficient (Wildman–Crippen LogP) is 6.22. The highest BCUT2D eigenvalue weighted by molar-refractivity contribution is 5.66. The van der Waals surface area contributed by atoms with Crippen LogP contribution in [-0.2, 0) is 4.79 Å². The fraction of sp³-hybridized carbons (Fsp3) is 0.550. The molecule has 0 heterocycles. The minimum absolute atomic E-state index is 0.213. The summed E-state index contributed by atoms with van der Waals surface area (Å²) in [5.74, 6) is -0.738. The molecule has 2 nitrogen and oxygen atoms in total. The molecule has 0 spiro atoms. The zero-order chi connectivity index (χ0) is 16.3. The maximum atomic E-state index is 10.3. The van der Waals surface area contributed by atoms with Crippen LogP contribution in [0.3, 0.4) is 0 Å². The second kappa shape index (κ2) is 17.5. The molecule has 0 aliphatic rings. The van der Waals surface area contributed by atoms with Gasteiger partial charge in [0.05, 0.1) is 0 Å². The lowest BCUT2D eigenvalue weighted by molar-refractivity contribution is -0.136. The number of unbranched alkanes of at least 4 members (excludes halogenated alkanes) is 5. The first kappa shape index (κ1) is 20.4. The molecule has 22 heavy (non-hydrogen) atoms. The number of rotatable bonds is 14. The maximum absolute atomic E-state index is 10.3. The highest BCUT2D eigenvalue weighted by Gasteiger charge is 1.90. The Morgan fingerprint density at radius 2 is 1.32 bits per heavy atom. The second-order valence-electron chi connectivity index (χ2n) is 5.39. The topological polar surface area (TPSA) is 37.3 Å². The Morgan fingerprint density at radius 1 is 0.773 bits per heavy atom. The van der Waals surface area contributed by atoms with Gasteiger partial charge in [0, 0.05) is 6.42 Å². The van der Waals surface area contributed by atoms with Gasteiger partial charge in [-0.2, -0.15) is 0 Å². The van der Waals surface area contributed by atoms with Crippen LogP contribution in [0.2, 0.25) is 0 Å². The van der Waals surface area contributed by atoms with E-state index in [1.165, 1.54) is 32.1 Å². The fourth-order valence-corrected chi connectivity index (χ4v) is 1.91. The molecule has 2 heteroatoms. The van der Waals surface area contributed by atoms with E-state index in [0.29, 0.717) is 6.42 Å². The first-order chi connectivity index (χ1) is 10.8. The third kappa shape index (κ3) is 18.4. The minimum Gasteiger partial charge on any atom is -0.481 e. The lowest BCUT2D eigenvalue weighted by atomic mass is 10.1. The Bertz CT molecular complexity index is 362. The predicted molar refractivity (Wildman–Crippen MR) is 96.0 cm³/mol. The highest BCUT2D eigenvalue weighted by Crippen LogP contribution is 2.03. The first-order valence-electron chi connectivity index (χ1n) is 8.60. The van der Waals surface area contributed by atoms with Gasteiger partial charge in [-0.1, -0.05) is 68.4 Å². The Labute approximate surface area is 136 Å². The van der Waals surface area contributed by atoms with Gasteiger partial charge in [0.2, 0.25) is 0 Å². The van der Waals surface area contributed by atoms with Gasteiger partial charge in [-0.05, 0) is 44.9 Å². The van der Waals surface area contributed by atoms with Gasteiger partial charge < -0.3 is 5.11 Å². The SMILES string of the molecule is CCCC/C=C/C/C=C/CCCC/C=C/C=C/CCC(=O)O. The molecule has 0 saturated carbocycles. The summed E-state index contributed by atoms with van der Waals surface area (Å²) in [5, 5.41) is 8.48. The zero-order valence-electron chi connectivity index (χ0n) is 14.0. The van der Waals surface area contributed by atoms with E-state index in [0.717, 1.165) is 19.3 Å². The van der Waals surface area contributed by atoms with Gasteiger partial charge in [-0.15, -0.1) is 0 Å². The third-order valence-electron chi connectivity index (χ3n) is 3.23. The molecule has 0 atom stereocenters. The molecular weight excluding hydrogens is 272 g/mol. The van der Waals surface area contributed by atoms with Crippen molar-refractivity contribution in [1.29, 1.82) is 0 Å². The lowest BCUT2D eigenvalue weighted by Gasteiger charge is -1.92. The van der Waals surface area contributed by atoms with Crippen LogP contribution in [0.25, 0.3) is 0 Å². The molecule has 0 unspecified atom stereocenters. The molecule has 1 N–H and O–H groups in total. The summed E-state index contributed by atoms with van der Waals surface area (Å²) >= 11 is 0. The lowest BCUT2D eigenvalue weighted by Crippen LogP contribution is -1.91. The van der Waals surface area contributed by atoms with Crippen LogP contribution in [0.5, 0.6) is 0 Å². The number of carboxylic acid groups (broad SMARTS) is 1. The fourth-order valence-electron chi connectivity index (χ4n) is 1.91. The molecule has 0 radical (unpaired) electrons. The first-order valence-corrected chi connectivity index (χ1v) is 8.60. The minimum atomic E-state index is -0.738. The van der Waals surface area contributed by atoms with E-state index in [4.69, 9.17) is 5.11 Å². The van der Waals surface area contributed by atoms with Crippen molar-refractivity contribution in [3.8, 4) is 0 Å². The Morgan fingerprint density at radius 3 is 1.91 bits per heavy atom. The van der Waals surface area contributed by atoms with Crippen molar-refractivity contribution in [2.45, 2.75) is 71.1 Å². The Kier molecular flexibility index (Phi) is 16.2. The molecule has 0 aromatic heterocycles. The molecule has 0 amide bonds. The third-order valence-corrected chi connectivity index (χ3v) is 3.23. The van der Waals surface area contributed by atoms with Crippen molar-refractivity contribution < 1.29 is 9.90 Å². The van der Waals surface area contributed by atoms with Crippen molar-refractivity contribution in [3.05, 3.63) is 48.6 Å². The quantitative estimate of drug-likeness (QED) is 0.235. The number of carbonyl (C=O) groups is 1. The average molecular weight is 304 g/mol.